The molecule has 19 heteroatoms. The molecule has 0 N–H and O–H groups in total. The molecule has 0 bridgehead atoms. The number of thioether (sulfide) groups is 1. The van der Waals surface area contributed by atoms with Crippen molar-refractivity contribution < 1.29 is 80.9 Å². The quantitative estimate of drug-likeness (QED) is 0.158. The minimum atomic E-state index is -1.69. The molecule has 12 atom stereocenters. The Kier molecular flexibility index (Phi) is 13.3. The molecule has 4 aliphatic rings. The SMILES string of the molecule is CCS[C@H]1O[C@H](COC(C)=O)[C@H]2O[C@](C)(OC)[C@@](C)(OC)O[C@@H]2[C@@H]1O[C@@H]1O[C@H](COC(C)=O)[C@@H](OC(C)=O)[C@H](OC(C)=O)[C@H]1N1C(=O)c2ccccc2C1=O. The Hall–Kier alpha value is -3.69. The van der Waals surface area contributed by atoms with Gasteiger partial charge in [0, 0.05) is 41.9 Å². The van der Waals surface area contributed by atoms with Gasteiger partial charge in [-0.2, -0.15) is 0 Å². The molecule has 0 unspecified atom stereocenters. The number of amides is 2. The van der Waals surface area contributed by atoms with Crippen LogP contribution in [-0.2, 0) is 71.3 Å². The maximum Gasteiger partial charge on any atom is 0.303 e. The lowest BCUT2D eigenvalue weighted by Crippen LogP contribution is -2.74. The van der Waals surface area contributed by atoms with Crippen LogP contribution in [-0.4, -0.2) is 146 Å². The molecule has 4 aliphatic heterocycles. The van der Waals surface area contributed by atoms with Crippen LogP contribution < -0.4 is 0 Å². The topological polar surface area (TPSA) is 207 Å². The monoisotopic (exact) mass is 797 g/mol. The first-order valence-electron chi connectivity index (χ1n) is 17.6. The van der Waals surface area contributed by atoms with E-state index in [0.29, 0.717) is 5.75 Å². The molecule has 4 heterocycles. The van der Waals surface area contributed by atoms with Crippen molar-refractivity contribution >= 4 is 47.5 Å². The van der Waals surface area contributed by atoms with E-state index in [1.54, 1.807) is 26.0 Å². The zero-order valence-electron chi connectivity index (χ0n) is 32.0. The van der Waals surface area contributed by atoms with Crippen molar-refractivity contribution in [3.8, 4) is 0 Å². The number of carbonyl (C=O) groups excluding carboxylic acids is 6. The standard InChI is InChI=1S/C36H47NO17S/c1-10-55-34-30(29-27(24(51-34)16-47-18(3)39)53-35(6,44-8)36(7,45-9)54-29)52-33-25(37-31(42)21-13-11-12-14-22(21)32(37)43)28(49-20(5)41)26(48-19(4)40)23(50-33)15-46-17(2)38/h11-14,23-30,33-34H,10,15-16H2,1-9H3/t23-,24-,25-,26-,27-,28-,29+,30+,33+,34-,35+,36+/m1/s1. The number of hydrogen-bond acceptors (Lipinski definition) is 18. The van der Waals surface area contributed by atoms with E-state index in [2.05, 4.69) is 0 Å². The number of methoxy groups -OCH3 is 2. The van der Waals surface area contributed by atoms with Gasteiger partial charge in [0.05, 0.1) is 11.1 Å². The van der Waals surface area contributed by atoms with Gasteiger partial charge in [0.25, 0.3) is 11.8 Å². The maximum absolute atomic E-state index is 14.1. The van der Waals surface area contributed by atoms with E-state index in [1.807, 2.05) is 6.92 Å². The summed E-state index contributed by atoms with van der Waals surface area (Å²) in [5.41, 5.74) is -0.794. The fourth-order valence-corrected chi connectivity index (χ4v) is 7.99. The zero-order chi connectivity index (χ0) is 40.4. The molecule has 304 valence electrons. The maximum atomic E-state index is 14.1. The number of benzene rings is 1. The summed E-state index contributed by atoms with van der Waals surface area (Å²) in [6, 6.07) is 4.48. The third-order valence-electron chi connectivity index (χ3n) is 9.78. The molecule has 0 aliphatic carbocycles. The van der Waals surface area contributed by atoms with E-state index >= 15 is 0 Å². The number of esters is 4. The number of nitrogens with zero attached hydrogens (tertiary/aromatic N) is 1. The van der Waals surface area contributed by atoms with Gasteiger partial charge in [-0.25, -0.2) is 0 Å². The molecule has 0 radical (unpaired) electrons. The third-order valence-corrected chi connectivity index (χ3v) is 10.8. The third kappa shape index (κ3) is 8.53. The van der Waals surface area contributed by atoms with Crippen LogP contribution >= 0.6 is 11.8 Å². The highest BCUT2D eigenvalue weighted by molar-refractivity contribution is 7.99. The second-order valence-corrected chi connectivity index (χ2v) is 14.8. The molecule has 0 aromatic heterocycles. The number of ether oxygens (including phenoxy) is 11. The number of fused-ring (bicyclic) bond motifs is 2. The molecule has 5 rings (SSSR count). The molecule has 3 fully saturated rings. The average molecular weight is 798 g/mol. The molecule has 0 saturated carbocycles. The zero-order valence-corrected chi connectivity index (χ0v) is 32.8. The van der Waals surface area contributed by atoms with Gasteiger partial charge in [0.15, 0.2) is 18.5 Å². The molecule has 2 amide bonds. The highest BCUT2D eigenvalue weighted by Crippen LogP contribution is 2.47. The molecule has 55 heavy (non-hydrogen) atoms. The highest BCUT2D eigenvalue weighted by Gasteiger charge is 2.65. The first kappa shape index (κ1) is 42.5. The van der Waals surface area contributed by atoms with Crippen molar-refractivity contribution in [2.75, 3.05) is 33.2 Å². The average Bonchev–Trinajstić information content (AvgIpc) is 3.37. The van der Waals surface area contributed by atoms with Gasteiger partial charge in [0.2, 0.25) is 11.6 Å². The van der Waals surface area contributed by atoms with Gasteiger partial charge in [0.1, 0.15) is 55.2 Å². The fourth-order valence-electron chi connectivity index (χ4n) is 7.03. The lowest BCUT2D eigenvalue weighted by atomic mass is 9.93. The van der Waals surface area contributed by atoms with Crippen LogP contribution in [0.15, 0.2) is 24.3 Å². The summed E-state index contributed by atoms with van der Waals surface area (Å²) < 4.78 is 66.5. The normalized spacial score (nSPS) is 35.7. The van der Waals surface area contributed by atoms with Gasteiger partial charge in [-0.05, 0) is 31.7 Å². The van der Waals surface area contributed by atoms with Gasteiger partial charge in [-0.15, -0.1) is 11.8 Å². The van der Waals surface area contributed by atoms with Gasteiger partial charge in [-0.3, -0.25) is 33.7 Å². The fraction of sp³-hybridized carbons (Fsp3) is 0.667. The van der Waals surface area contributed by atoms with Crippen LogP contribution in [0.4, 0.5) is 0 Å². The van der Waals surface area contributed by atoms with E-state index in [0.717, 1.165) is 25.7 Å². The Morgan fingerprint density at radius 3 is 1.73 bits per heavy atom. The summed E-state index contributed by atoms with van der Waals surface area (Å²) in [5.74, 6) is -7.12. The van der Waals surface area contributed by atoms with E-state index in [-0.39, 0.29) is 17.7 Å². The second kappa shape index (κ2) is 17.2. The minimum Gasteiger partial charge on any atom is -0.463 e. The van der Waals surface area contributed by atoms with Gasteiger partial charge in [-0.1, -0.05) is 19.1 Å². The van der Waals surface area contributed by atoms with E-state index < -0.39 is 114 Å². The van der Waals surface area contributed by atoms with Crippen molar-refractivity contribution in [3.63, 3.8) is 0 Å². The minimum absolute atomic E-state index is 0.0615. The molecule has 1 aromatic rings. The van der Waals surface area contributed by atoms with Crippen LogP contribution in [0.25, 0.3) is 0 Å². The first-order valence-corrected chi connectivity index (χ1v) is 18.7. The van der Waals surface area contributed by atoms with Crippen LogP contribution in [0.2, 0.25) is 0 Å². The van der Waals surface area contributed by atoms with Crippen molar-refractivity contribution in [1.29, 1.82) is 0 Å². The van der Waals surface area contributed by atoms with Gasteiger partial charge >= 0.3 is 23.9 Å². The Balaban J connectivity index is 1.66. The van der Waals surface area contributed by atoms with Crippen LogP contribution in [0.5, 0.6) is 0 Å². The van der Waals surface area contributed by atoms with Crippen LogP contribution in [0.3, 0.4) is 0 Å². The molecule has 3 saturated heterocycles. The lowest BCUT2D eigenvalue weighted by Gasteiger charge is -2.58. The summed E-state index contributed by atoms with van der Waals surface area (Å²) in [5, 5.41) is 0. The molecule has 1 aromatic carbocycles. The summed E-state index contributed by atoms with van der Waals surface area (Å²) >= 11 is 1.29. The smallest absolute Gasteiger partial charge is 0.303 e. The number of hydrogen-bond donors (Lipinski definition) is 0. The second-order valence-electron chi connectivity index (χ2n) is 13.4. The van der Waals surface area contributed by atoms with E-state index in [4.69, 9.17) is 52.1 Å². The predicted octanol–water partition coefficient (Wildman–Crippen LogP) is 1.74. The molecule has 0 spiro atoms. The van der Waals surface area contributed by atoms with Gasteiger partial charge < -0.3 is 52.1 Å². The molecular formula is C36H47NO17S. The number of carbonyl (C=O) groups is 6. The van der Waals surface area contributed by atoms with Crippen molar-refractivity contribution in [1.82, 2.24) is 4.90 Å². The van der Waals surface area contributed by atoms with E-state index in [9.17, 15) is 28.8 Å². The largest absolute Gasteiger partial charge is 0.463 e. The Morgan fingerprint density at radius 2 is 1.24 bits per heavy atom. The first-order chi connectivity index (χ1) is 26.0. The van der Waals surface area contributed by atoms with E-state index in [1.165, 1.54) is 45.0 Å². The molecule has 18 nitrogen and oxygen atoms in total. The highest BCUT2D eigenvalue weighted by atomic mass is 32.2. The Labute approximate surface area is 321 Å². The lowest BCUT2D eigenvalue weighted by molar-refractivity contribution is -0.475. The van der Waals surface area contributed by atoms with Crippen LogP contribution in [0.1, 0.15) is 69.2 Å². The van der Waals surface area contributed by atoms with Crippen molar-refractivity contribution in [3.05, 3.63) is 35.4 Å². The summed E-state index contributed by atoms with van der Waals surface area (Å²) in [7, 11) is 2.79. The number of imide groups is 1. The van der Waals surface area contributed by atoms with Crippen molar-refractivity contribution in [2.45, 2.75) is 121 Å². The summed E-state index contributed by atoms with van der Waals surface area (Å²) in [4.78, 5) is 78.3. The Morgan fingerprint density at radius 1 is 0.727 bits per heavy atom. The van der Waals surface area contributed by atoms with Crippen molar-refractivity contribution in [2.24, 2.45) is 0 Å². The van der Waals surface area contributed by atoms with Crippen LogP contribution in [0, 0.1) is 0 Å². The number of rotatable bonds is 13. The summed E-state index contributed by atoms with van der Waals surface area (Å²) in [6.45, 7) is 8.91. The molecular weight excluding hydrogens is 750 g/mol. The Bertz CT molecular complexity index is 1610. The predicted molar refractivity (Wildman–Crippen MR) is 186 cm³/mol. The summed E-state index contributed by atoms with van der Waals surface area (Å²) in [6.07, 6.45) is -10.4.